The smallest absolute Gasteiger partial charge is 0.288 e. The van der Waals surface area contributed by atoms with Crippen LogP contribution in [-0.4, -0.2) is 31.1 Å². The van der Waals surface area contributed by atoms with Crippen molar-refractivity contribution in [1.29, 1.82) is 0 Å². The highest BCUT2D eigenvalue weighted by atomic mass is 32.2. The number of aromatic nitrogens is 1. The Hall–Kier alpha value is -3.20. The van der Waals surface area contributed by atoms with Crippen LogP contribution in [0.3, 0.4) is 0 Å². The zero-order valence-corrected chi connectivity index (χ0v) is 16.2. The Bertz CT molecular complexity index is 1100. The topological polar surface area (TPSA) is 115 Å². The molecule has 9 heteroatoms. The minimum Gasteiger partial charge on any atom is -0.444 e. The summed E-state index contributed by atoms with van der Waals surface area (Å²) in [5, 5.41) is 14.1. The summed E-state index contributed by atoms with van der Waals surface area (Å²) in [6.45, 7) is 2.46. The van der Waals surface area contributed by atoms with Crippen LogP contribution in [0.1, 0.15) is 11.3 Å². The van der Waals surface area contributed by atoms with Gasteiger partial charge in [0, 0.05) is 36.5 Å². The summed E-state index contributed by atoms with van der Waals surface area (Å²) in [4.78, 5) is 14.4. The van der Waals surface area contributed by atoms with Gasteiger partial charge >= 0.3 is 0 Å². The summed E-state index contributed by atoms with van der Waals surface area (Å²) in [6.07, 6.45) is 3.07. The zero-order valence-electron chi connectivity index (χ0n) is 15.4. The fourth-order valence-corrected chi connectivity index (χ4v) is 3.52. The second-order valence-electron chi connectivity index (χ2n) is 6.40. The summed E-state index contributed by atoms with van der Waals surface area (Å²) >= 11 is 0. The SMILES string of the molecule is Cc1ccc(-c2nc(CCNc3ccc([N+](=O)[O-])c(S(C)(=O)=O)c3)co2)cc1. The number of anilines is 1. The van der Waals surface area contributed by atoms with E-state index in [0.717, 1.165) is 23.1 Å². The van der Waals surface area contributed by atoms with Crippen molar-refractivity contribution >= 4 is 21.2 Å². The fourth-order valence-electron chi connectivity index (χ4n) is 2.66. The first-order valence-electron chi connectivity index (χ1n) is 8.48. The molecule has 2 aromatic carbocycles. The Labute approximate surface area is 162 Å². The molecule has 3 rings (SSSR count). The second-order valence-corrected chi connectivity index (χ2v) is 8.38. The van der Waals surface area contributed by atoms with Crippen LogP contribution in [0.2, 0.25) is 0 Å². The Morgan fingerprint density at radius 3 is 2.54 bits per heavy atom. The van der Waals surface area contributed by atoms with E-state index in [4.69, 9.17) is 4.42 Å². The van der Waals surface area contributed by atoms with Crippen LogP contribution in [-0.2, 0) is 16.3 Å². The van der Waals surface area contributed by atoms with Gasteiger partial charge in [-0.3, -0.25) is 10.1 Å². The van der Waals surface area contributed by atoms with Gasteiger partial charge in [0.1, 0.15) is 11.2 Å². The molecule has 0 unspecified atom stereocenters. The third-order valence-electron chi connectivity index (χ3n) is 4.12. The quantitative estimate of drug-likeness (QED) is 0.475. The predicted octanol–water partition coefficient (Wildman–Crippen LogP) is 3.62. The van der Waals surface area contributed by atoms with Crippen molar-refractivity contribution in [1.82, 2.24) is 4.98 Å². The van der Waals surface area contributed by atoms with E-state index >= 15 is 0 Å². The van der Waals surface area contributed by atoms with Crippen molar-refractivity contribution in [3.8, 4) is 11.5 Å². The molecule has 1 heterocycles. The van der Waals surface area contributed by atoms with E-state index in [1.54, 1.807) is 6.26 Å². The normalized spacial score (nSPS) is 11.4. The lowest BCUT2D eigenvalue weighted by atomic mass is 10.1. The summed E-state index contributed by atoms with van der Waals surface area (Å²) in [5.74, 6) is 0.532. The maximum absolute atomic E-state index is 11.8. The molecule has 0 fully saturated rings. The van der Waals surface area contributed by atoms with Gasteiger partial charge in [0.2, 0.25) is 5.89 Å². The molecule has 1 N–H and O–H groups in total. The lowest BCUT2D eigenvalue weighted by molar-refractivity contribution is -0.387. The number of aryl methyl sites for hydroxylation is 1. The van der Waals surface area contributed by atoms with E-state index in [0.29, 0.717) is 24.5 Å². The lowest BCUT2D eigenvalue weighted by Crippen LogP contribution is -2.08. The molecule has 1 aromatic heterocycles. The van der Waals surface area contributed by atoms with Crippen molar-refractivity contribution in [2.45, 2.75) is 18.2 Å². The maximum atomic E-state index is 11.8. The molecule has 0 aliphatic carbocycles. The average Bonchev–Trinajstić information content (AvgIpc) is 3.10. The van der Waals surface area contributed by atoms with Crippen molar-refractivity contribution in [3.63, 3.8) is 0 Å². The average molecular weight is 401 g/mol. The molecule has 146 valence electrons. The highest BCUT2D eigenvalue weighted by Crippen LogP contribution is 2.27. The van der Waals surface area contributed by atoms with E-state index < -0.39 is 20.4 Å². The number of hydrogen-bond donors (Lipinski definition) is 1. The van der Waals surface area contributed by atoms with Crippen LogP contribution in [0.4, 0.5) is 11.4 Å². The van der Waals surface area contributed by atoms with Crippen molar-refractivity contribution < 1.29 is 17.8 Å². The molecule has 3 aromatic rings. The van der Waals surface area contributed by atoms with Crippen LogP contribution in [0, 0.1) is 17.0 Å². The standard InChI is InChI=1S/C19H19N3O5S/c1-13-3-5-14(6-4-13)19-21-16(12-27-19)9-10-20-15-7-8-17(22(23)24)18(11-15)28(2,25)26/h3-8,11-12,20H,9-10H2,1-2H3. The number of oxazole rings is 1. The van der Waals surface area contributed by atoms with E-state index in [1.807, 2.05) is 31.2 Å². The second kappa shape index (κ2) is 7.81. The van der Waals surface area contributed by atoms with Crippen LogP contribution >= 0.6 is 0 Å². The predicted molar refractivity (Wildman–Crippen MR) is 105 cm³/mol. The van der Waals surface area contributed by atoms with Crippen molar-refractivity contribution in [2.75, 3.05) is 18.1 Å². The van der Waals surface area contributed by atoms with Crippen LogP contribution in [0.5, 0.6) is 0 Å². The third-order valence-corrected chi connectivity index (χ3v) is 5.24. The summed E-state index contributed by atoms with van der Waals surface area (Å²) in [6, 6.07) is 11.8. The minimum absolute atomic E-state index is 0.314. The molecule has 0 radical (unpaired) electrons. The van der Waals surface area contributed by atoms with Gasteiger partial charge < -0.3 is 9.73 Å². The Kier molecular flexibility index (Phi) is 5.46. The van der Waals surface area contributed by atoms with Gasteiger partial charge in [0.15, 0.2) is 9.84 Å². The van der Waals surface area contributed by atoms with E-state index in [-0.39, 0.29) is 4.90 Å². The first-order chi connectivity index (χ1) is 13.2. The van der Waals surface area contributed by atoms with Gasteiger partial charge in [0.05, 0.1) is 10.6 Å². The highest BCUT2D eigenvalue weighted by Gasteiger charge is 2.22. The van der Waals surface area contributed by atoms with E-state index in [9.17, 15) is 18.5 Å². The highest BCUT2D eigenvalue weighted by molar-refractivity contribution is 7.90. The molecule has 0 bridgehead atoms. The monoisotopic (exact) mass is 401 g/mol. The minimum atomic E-state index is -3.72. The third kappa shape index (κ3) is 4.55. The zero-order chi connectivity index (χ0) is 20.3. The number of nitro groups is 1. The molecule has 8 nitrogen and oxygen atoms in total. The van der Waals surface area contributed by atoms with E-state index in [1.165, 1.54) is 18.2 Å². The number of benzene rings is 2. The van der Waals surface area contributed by atoms with E-state index in [2.05, 4.69) is 10.3 Å². The molecular formula is C19H19N3O5S. The lowest BCUT2D eigenvalue weighted by Gasteiger charge is -2.07. The van der Waals surface area contributed by atoms with Crippen LogP contribution < -0.4 is 5.32 Å². The first-order valence-corrected chi connectivity index (χ1v) is 10.4. The van der Waals surface area contributed by atoms with Crippen molar-refractivity contribution in [3.05, 3.63) is 70.1 Å². The molecular weight excluding hydrogens is 382 g/mol. The Balaban J connectivity index is 1.67. The van der Waals surface area contributed by atoms with Crippen LogP contribution in [0.25, 0.3) is 11.5 Å². The van der Waals surface area contributed by atoms with Gasteiger partial charge in [-0.15, -0.1) is 0 Å². The molecule has 0 saturated carbocycles. The number of nitro benzene ring substituents is 1. The summed E-state index contributed by atoms with van der Waals surface area (Å²) < 4.78 is 29.1. The number of rotatable bonds is 7. The number of nitrogens with one attached hydrogen (secondary N) is 1. The Morgan fingerprint density at radius 2 is 1.89 bits per heavy atom. The van der Waals surface area contributed by atoms with Gasteiger partial charge in [-0.25, -0.2) is 13.4 Å². The summed E-state index contributed by atoms with van der Waals surface area (Å²) in [5.41, 5.74) is 2.82. The van der Waals surface area contributed by atoms with Crippen LogP contribution in [0.15, 0.2) is 58.0 Å². The maximum Gasteiger partial charge on any atom is 0.288 e. The molecule has 0 aliphatic heterocycles. The molecule has 0 aliphatic rings. The Morgan fingerprint density at radius 1 is 1.18 bits per heavy atom. The van der Waals surface area contributed by atoms with Gasteiger partial charge in [-0.2, -0.15) is 0 Å². The molecule has 0 saturated heterocycles. The molecule has 0 spiro atoms. The number of nitrogens with zero attached hydrogens (tertiary/aromatic N) is 2. The fraction of sp³-hybridized carbons (Fsp3) is 0.211. The van der Waals surface area contributed by atoms with Crippen molar-refractivity contribution in [2.24, 2.45) is 0 Å². The molecule has 28 heavy (non-hydrogen) atoms. The van der Waals surface area contributed by atoms with Gasteiger partial charge in [0.25, 0.3) is 5.69 Å². The number of sulfone groups is 1. The first kappa shape index (κ1) is 19.6. The molecule has 0 amide bonds. The van der Waals surface area contributed by atoms with Gasteiger partial charge in [-0.1, -0.05) is 17.7 Å². The largest absolute Gasteiger partial charge is 0.444 e. The number of hydrogen-bond acceptors (Lipinski definition) is 7. The molecule has 0 atom stereocenters. The summed E-state index contributed by atoms with van der Waals surface area (Å²) in [7, 11) is -3.72. The van der Waals surface area contributed by atoms with Gasteiger partial charge in [-0.05, 0) is 31.2 Å².